The van der Waals surface area contributed by atoms with E-state index in [0.29, 0.717) is 0 Å². The van der Waals surface area contributed by atoms with Gasteiger partial charge in [-0.3, -0.25) is 0 Å². The van der Waals surface area contributed by atoms with Crippen molar-refractivity contribution in [2.75, 3.05) is 6.61 Å². The summed E-state index contributed by atoms with van der Waals surface area (Å²) in [6.07, 6.45) is 7.45. The second-order valence-corrected chi connectivity index (χ2v) is 4.09. The van der Waals surface area contributed by atoms with Gasteiger partial charge in [-0.25, -0.2) is 0 Å². The summed E-state index contributed by atoms with van der Waals surface area (Å²) in [4.78, 5) is 0. The molecule has 0 aromatic carbocycles. The summed E-state index contributed by atoms with van der Waals surface area (Å²) in [5.74, 6) is 0. The van der Waals surface area contributed by atoms with Crippen LogP contribution < -0.4 is 5.73 Å². The van der Waals surface area contributed by atoms with Crippen molar-refractivity contribution in [3.05, 3.63) is 12.7 Å². The van der Waals surface area contributed by atoms with E-state index in [1.165, 1.54) is 0 Å². The number of allylic oxidation sites excluding steroid dienone is 1. The summed E-state index contributed by atoms with van der Waals surface area (Å²) < 4.78 is 5.68. The lowest BCUT2D eigenvalue weighted by Gasteiger charge is -2.30. The first-order valence-electron chi connectivity index (χ1n) is 5.19. The van der Waals surface area contributed by atoms with Crippen LogP contribution in [0, 0.1) is 0 Å². The van der Waals surface area contributed by atoms with Gasteiger partial charge in [0.1, 0.15) is 0 Å². The molecule has 0 bridgehead atoms. The van der Waals surface area contributed by atoms with E-state index < -0.39 is 0 Å². The van der Waals surface area contributed by atoms with Crippen molar-refractivity contribution >= 4 is 0 Å². The van der Waals surface area contributed by atoms with Crippen LogP contribution in [-0.4, -0.2) is 18.2 Å². The lowest BCUT2D eigenvalue weighted by atomic mass is 9.90. The number of hydrogen-bond donors (Lipinski definition) is 1. The van der Waals surface area contributed by atoms with Gasteiger partial charge in [0.05, 0.1) is 5.60 Å². The van der Waals surface area contributed by atoms with Crippen molar-refractivity contribution in [1.29, 1.82) is 0 Å². The largest absolute Gasteiger partial charge is 0.374 e. The lowest BCUT2D eigenvalue weighted by molar-refractivity contribution is -0.00344. The van der Waals surface area contributed by atoms with Crippen LogP contribution in [0.5, 0.6) is 0 Å². The number of hydrogen-bond acceptors (Lipinski definition) is 2. The third kappa shape index (κ3) is 2.82. The van der Waals surface area contributed by atoms with Gasteiger partial charge in [0.2, 0.25) is 0 Å². The van der Waals surface area contributed by atoms with E-state index in [2.05, 4.69) is 13.5 Å². The van der Waals surface area contributed by atoms with Crippen LogP contribution in [0.3, 0.4) is 0 Å². The normalized spacial score (nSPS) is 30.3. The standard InChI is InChI=1S/C11H21NO/c1-3-4-5-7-10(12)11(2)8-6-9-13-11/h3,10H,1,4-9,12H2,2H3. The molecule has 2 heteroatoms. The maximum Gasteiger partial charge on any atom is 0.0805 e. The lowest BCUT2D eigenvalue weighted by Crippen LogP contribution is -2.44. The Morgan fingerprint density at radius 2 is 2.46 bits per heavy atom. The van der Waals surface area contributed by atoms with E-state index in [-0.39, 0.29) is 11.6 Å². The quantitative estimate of drug-likeness (QED) is 0.524. The molecule has 0 aromatic heterocycles. The van der Waals surface area contributed by atoms with E-state index in [0.717, 1.165) is 38.7 Å². The summed E-state index contributed by atoms with van der Waals surface area (Å²) in [7, 11) is 0. The molecule has 2 unspecified atom stereocenters. The Morgan fingerprint density at radius 3 is 3.00 bits per heavy atom. The first-order chi connectivity index (χ1) is 6.19. The second kappa shape index (κ2) is 4.77. The predicted molar refractivity (Wildman–Crippen MR) is 55.6 cm³/mol. The van der Waals surface area contributed by atoms with Crippen LogP contribution in [0.15, 0.2) is 12.7 Å². The highest BCUT2D eigenvalue weighted by Gasteiger charge is 2.35. The van der Waals surface area contributed by atoms with Crippen LogP contribution in [0.2, 0.25) is 0 Å². The van der Waals surface area contributed by atoms with Gasteiger partial charge in [0.15, 0.2) is 0 Å². The third-order valence-corrected chi connectivity index (χ3v) is 2.96. The van der Waals surface area contributed by atoms with Crippen molar-refractivity contribution in [3.8, 4) is 0 Å². The van der Waals surface area contributed by atoms with Gasteiger partial charge in [-0.15, -0.1) is 6.58 Å². The summed E-state index contributed by atoms with van der Waals surface area (Å²) >= 11 is 0. The zero-order valence-electron chi connectivity index (χ0n) is 8.59. The Kier molecular flexibility index (Phi) is 3.94. The molecular formula is C11H21NO. The fraction of sp³-hybridized carbons (Fsp3) is 0.818. The smallest absolute Gasteiger partial charge is 0.0805 e. The van der Waals surface area contributed by atoms with Crippen molar-refractivity contribution in [2.45, 2.75) is 50.7 Å². The van der Waals surface area contributed by atoms with Crippen molar-refractivity contribution in [3.63, 3.8) is 0 Å². The highest BCUT2D eigenvalue weighted by Crippen LogP contribution is 2.29. The van der Waals surface area contributed by atoms with Gasteiger partial charge in [0, 0.05) is 12.6 Å². The van der Waals surface area contributed by atoms with Crippen LogP contribution >= 0.6 is 0 Å². The molecule has 0 saturated carbocycles. The fourth-order valence-corrected chi connectivity index (χ4v) is 1.88. The second-order valence-electron chi connectivity index (χ2n) is 4.09. The van der Waals surface area contributed by atoms with E-state index in [1.54, 1.807) is 0 Å². The monoisotopic (exact) mass is 183 g/mol. The van der Waals surface area contributed by atoms with Crippen LogP contribution in [0.1, 0.15) is 39.0 Å². The summed E-state index contributed by atoms with van der Waals surface area (Å²) in [6, 6.07) is 0.190. The summed E-state index contributed by atoms with van der Waals surface area (Å²) in [5.41, 5.74) is 6.04. The van der Waals surface area contributed by atoms with Crippen molar-refractivity contribution in [2.24, 2.45) is 5.73 Å². The Labute approximate surface area is 81.1 Å². The number of rotatable bonds is 5. The average molecular weight is 183 g/mol. The molecule has 1 aliphatic rings. The Hall–Kier alpha value is -0.340. The molecule has 0 spiro atoms. The first-order valence-corrected chi connectivity index (χ1v) is 5.19. The SMILES string of the molecule is C=CCCCC(N)C1(C)CCCO1. The zero-order chi connectivity index (χ0) is 9.73. The molecule has 1 rings (SSSR count). The molecule has 0 aliphatic carbocycles. The van der Waals surface area contributed by atoms with Crippen LogP contribution in [0.25, 0.3) is 0 Å². The minimum Gasteiger partial charge on any atom is -0.374 e. The Balaban J connectivity index is 2.28. The number of unbranched alkanes of at least 4 members (excludes halogenated alkanes) is 1. The highest BCUT2D eigenvalue weighted by atomic mass is 16.5. The number of nitrogens with two attached hydrogens (primary N) is 1. The van der Waals surface area contributed by atoms with Crippen molar-refractivity contribution in [1.82, 2.24) is 0 Å². The molecule has 1 heterocycles. The molecule has 0 radical (unpaired) electrons. The van der Waals surface area contributed by atoms with Crippen molar-refractivity contribution < 1.29 is 4.74 Å². The van der Waals surface area contributed by atoms with Crippen LogP contribution in [0.4, 0.5) is 0 Å². The minimum atomic E-state index is -0.0544. The molecule has 2 nitrogen and oxygen atoms in total. The molecule has 13 heavy (non-hydrogen) atoms. The maximum atomic E-state index is 6.09. The van der Waals surface area contributed by atoms with Gasteiger partial charge in [-0.2, -0.15) is 0 Å². The summed E-state index contributed by atoms with van der Waals surface area (Å²) in [6.45, 7) is 6.72. The Morgan fingerprint density at radius 1 is 1.69 bits per heavy atom. The van der Waals surface area contributed by atoms with Gasteiger partial charge in [-0.1, -0.05) is 6.08 Å². The molecule has 1 aliphatic heterocycles. The van der Waals surface area contributed by atoms with Gasteiger partial charge in [-0.05, 0) is 39.0 Å². The van der Waals surface area contributed by atoms with Gasteiger partial charge in [0.25, 0.3) is 0 Å². The van der Waals surface area contributed by atoms with Gasteiger partial charge < -0.3 is 10.5 Å². The van der Waals surface area contributed by atoms with E-state index in [1.807, 2.05) is 6.08 Å². The zero-order valence-corrected chi connectivity index (χ0v) is 8.59. The molecule has 76 valence electrons. The van der Waals surface area contributed by atoms with Crippen LogP contribution in [-0.2, 0) is 4.74 Å². The highest BCUT2D eigenvalue weighted by molar-refractivity contribution is 4.90. The average Bonchev–Trinajstić information content (AvgIpc) is 2.54. The first kappa shape index (κ1) is 10.7. The van der Waals surface area contributed by atoms with E-state index >= 15 is 0 Å². The van der Waals surface area contributed by atoms with Gasteiger partial charge >= 0.3 is 0 Å². The third-order valence-electron chi connectivity index (χ3n) is 2.96. The number of ether oxygens (including phenoxy) is 1. The molecule has 0 aromatic rings. The van der Waals surface area contributed by atoms with E-state index in [4.69, 9.17) is 10.5 Å². The molecule has 1 saturated heterocycles. The topological polar surface area (TPSA) is 35.2 Å². The molecule has 0 amide bonds. The maximum absolute atomic E-state index is 6.09. The predicted octanol–water partition coefficient (Wildman–Crippen LogP) is 2.24. The molecule has 2 atom stereocenters. The summed E-state index contributed by atoms with van der Waals surface area (Å²) in [5, 5.41) is 0. The molecule has 2 N–H and O–H groups in total. The minimum absolute atomic E-state index is 0.0544. The van der Waals surface area contributed by atoms with E-state index in [9.17, 15) is 0 Å². The molecular weight excluding hydrogens is 162 g/mol. The fourth-order valence-electron chi connectivity index (χ4n) is 1.88. The molecule has 1 fully saturated rings. The Bertz CT molecular complexity index is 161.